The van der Waals surface area contributed by atoms with Crippen molar-refractivity contribution in [1.82, 2.24) is 0 Å². The van der Waals surface area contributed by atoms with Gasteiger partial charge < -0.3 is 4.74 Å². The Bertz CT molecular complexity index is 276. The van der Waals surface area contributed by atoms with E-state index in [-0.39, 0.29) is 0 Å². The van der Waals surface area contributed by atoms with Crippen LogP contribution in [0, 0.1) is 6.42 Å². The van der Waals surface area contributed by atoms with Crippen LogP contribution in [0.1, 0.15) is 57.9 Å². The van der Waals surface area contributed by atoms with Gasteiger partial charge in [0, 0.05) is 0 Å². The Hall–Kier alpha value is -0.980. The van der Waals surface area contributed by atoms with E-state index < -0.39 is 0 Å². The average molecular weight is 233 g/mol. The lowest BCUT2D eigenvalue weighted by Gasteiger charge is -2.06. The predicted octanol–water partition coefficient (Wildman–Crippen LogP) is 5.00. The Morgan fingerprint density at radius 1 is 0.941 bits per heavy atom. The zero-order chi connectivity index (χ0) is 12.3. The van der Waals surface area contributed by atoms with Gasteiger partial charge in [-0.2, -0.15) is 0 Å². The molecule has 0 atom stereocenters. The third-order valence-corrected chi connectivity index (χ3v) is 2.98. The number of unbranched alkanes of at least 4 members (excludes halogenated alkanes) is 5. The Labute approximate surface area is 106 Å². The van der Waals surface area contributed by atoms with Crippen LogP contribution in [0.15, 0.2) is 24.3 Å². The molecule has 1 aromatic carbocycles. The van der Waals surface area contributed by atoms with Gasteiger partial charge in [0.15, 0.2) is 0 Å². The van der Waals surface area contributed by atoms with Crippen LogP contribution in [0.4, 0.5) is 0 Å². The molecule has 0 N–H and O–H groups in total. The second kappa shape index (κ2) is 9.09. The molecule has 1 heteroatoms. The topological polar surface area (TPSA) is 9.23 Å². The number of hydrogen-bond acceptors (Lipinski definition) is 1. The van der Waals surface area contributed by atoms with Crippen LogP contribution in [0.5, 0.6) is 5.75 Å². The summed E-state index contributed by atoms with van der Waals surface area (Å²) in [5.41, 5.74) is 1.25. The van der Waals surface area contributed by atoms with Gasteiger partial charge in [-0.05, 0) is 30.5 Å². The van der Waals surface area contributed by atoms with Crippen molar-refractivity contribution in [3.8, 4) is 5.75 Å². The SMILES string of the molecule is C[CH]c1ccc(OCCCCCCCC)cc1. The lowest BCUT2D eigenvalue weighted by atomic mass is 10.1. The first-order valence-corrected chi connectivity index (χ1v) is 6.89. The first kappa shape index (κ1) is 14.1. The van der Waals surface area contributed by atoms with Crippen molar-refractivity contribution in [2.24, 2.45) is 0 Å². The summed E-state index contributed by atoms with van der Waals surface area (Å²) in [6.07, 6.45) is 9.97. The summed E-state index contributed by atoms with van der Waals surface area (Å²) < 4.78 is 5.70. The molecule has 0 aliphatic carbocycles. The monoisotopic (exact) mass is 233 g/mol. The van der Waals surface area contributed by atoms with Gasteiger partial charge in [0.05, 0.1) is 6.61 Å². The minimum absolute atomic E-state index is 0.849. The van der Waals surface area contributed by atoms with Gasteiger partial charge in [-0.1, -0.05) is 58.1 Å². The van der Waals surface area contributed by atoms with Gasteiger partial charge in [0.25, 0.3) is 0 Å². The van der Waals surface area contributed by atoms with Gasteiger partial charge in [-0.25, -0.2) is 0 Å². The zero-order valence-electron chi connectivity index (χ0n) is 11.2. The summed E-state index contributed by atoms with van der Waals surface area (Å²) in [6.45, 7) is 5.15. The molecule has 0 heterocycles. The Kier molecular flexibility index (Phi) is 7.53. The number of hydrogen-bond donors (Lipinski definition) is 0. The fourth-order valence-corrected chi connectivity index (χ4v) is 1.83. The maximum atomic E-state index is 5.70. The Balaban J connectivity index is 2.05. The quantitative estimate of drug-likeness (QED) is 0.545. The van der Waals surface area contributed by atoms with E-state index in [1.54, 1.807) is 0 Å². The summed E-state index contributed by atoms with van der Waals surface area (Å²) in [6, 6.07) is 8.28. The highest BCUT2D eigenvalue weighted by atomic mass is 16.5. The van der Waals surface area contributed by atoms with E-state index in [0.29, 0.717) is 0 Å². The molecule has 17 heavy (non-hydrogen) atoms. The minimum atomic E-state index is 0.849. The molecule has 0 saturated heterocycles. The molecule has 0 bridgehead atoms. The summed E-state index contributed by atoms with van der Waals surface area (Å²) in [7, 11) is 0. The molecule has 0 aromatic heterocycles. The lowest BCUT2D eigenvalue weighted by Crippen LogP contribution is -1.97. The van der Waals surface area contributed by atoms with Crippen molar-refractivity contribution < 1.29 is 4.74 Å². The number of ether oxygens (including phenoxy) is 1. The average Bonchev–Trinajstić information content (AvgIpc) is 2.38. The van der Waals surface area contributed by atoms with E-state index in [1.807, 2.05) is 19.1 Å². The molecule has 0 spiro atoms. The van der Waals surface area contributed by atoms with Gasteiger partial charge in [0.1, 0.15) is 5.75 Å². The maximum absolute atomic E-state index is 5.70. The van der Waals surface area contributed by atoms with Crippen molar-refractivity contribution in [3.05, 3.63) is 36.2 Å². The molecule has 1 rings (SSSR count). The van der Waals surface area contributed by atoms with Crippen LogP contribution in [0.2, 0.25) is 0 Å². The highest BCUT2D eigenvalue weighted by Crippen LogP contribution is 2.14. The molecule has 0 aliphatic rings. The maximum Gasteiger partial charge on any atom is 0.119 e. The molecule has 0 aliphatic heterocycles. The van der Waals surface area contributed by atoms with Crippen LogP contribution < -0.4 is 4.74 Å². The van der Waals surface area contributed by atoms with E-state index in [9.17, 15) is 0 Å². The fourth-order valence-electron chi connectivity index (χ4n) is 1.83. The van der Waals surface area contributed by atoms with Crippen molar-refractivity contribution in [2.75, 3.05) is 6.61 Å². The first-order chi connectivity index (χ1) is 8.36. The van der Waals surface area contributed by atoms with Crippen molar-refractivity contribution in [2.45, 2.75) is 52.4 Å². The van der Waals surface area contributed by atoms with Crippen molar-refractivity contribution in [1.29, 1.82) is 0 Å². The molecular weight excluding hydrogens is 208 g/mol. The number of benzene rings is 1. The van der Waals surface area contributed by atoms with E-state index in [4.69, 9.17) is 4.74 Å². The lowest BCUT2D eigenvalue weighted by molar-refractivity contribution is 0.304. The summed E-state index contributed by atoms with van der Waals surface area (Å²) in [5.74, 6) is 0.990. The van der Waals surface area contributed by atoms with Crippen molar-refractivity contribution >= 4 is 0 Å². The fraction of sp³-hybridized carbons (Fsp3) is 0.562. The van der Waals surface area contributed by atoms with Crippen LogP contribution in [-0.2, 0) is 0 Å². The third kappa shape index (κ3) is 6.35. The van der Waals surface area contributed by atoms with Crippen molar-refractivity contribution in [3.63, 3.8) is 0 Å². The first-order valence-electron chi connectivity index (χ1n) is 6.89. The van der Waals surface area contributed by atoms with E-state index in [1.165, 1.54) is 44.1 Å². The zero-order valence-corrected chi connectivity index (χ0v) is 11.2. The summed E-state index contributed by atoms with van der Waals surface area (Å²) in [4.78, 5) is 0. The highest BCUT2D eigenvalue weighted by Gasteiger charge is 1.95. The van der Waals surface area contributed by atoms with Gasteiger partial charge >= 0.3 is 0 Å². The molecule has 1 aromatic rings. The van der Waals surface area contributed by atoms with Crippen LogP contribution in [-0.4, -0.2) is 6.61 Å². The molecule has 0 amide bonds. The molecule has 1 nitrogen and oxygen atoms in total. The Morgan fingerprint density at radius 3 is 2.24 bits per heavy atom. The molecule has 95 valence electrons. The molecule has 0 fully saturated rings. The third-order valence-electron chi connectivity index (χ3n) is 2.98. The van der Waals surface area contributed by atoms with E-state index in [0.717, 1.165) is 12.4 Å². The molecule has 1 radical (unpaired) electrons. The van der Waals surface area contributed by atoms with Crippen LogP contribution in [0.3, 0.4) is 0 Å². The van der Waals surface area contributed by atoms with Gasteiger partial charge in [-0.3, -0.25) is 0 Å². The van der Waals surface area contributed by atoms with Crippen LogP contribution >= 0.6 is 0 Å². The minimum Gasteiger partial charge on any atom is -0.494 e. The molecule has 0 saturated carbocycles. The van der Waals surface area contributed by atoms with Gasteiger partial charge in [-0.15, -0.1) is 0 Å². The number of rotatable bonds is 9. The smallest absolute Gasteiger partial charge is 0.119 e. The summed E-state index contributed by atoms with van der Waals surface area (Å²) >= 11 is 0. The second-order valence-corrected chi connectivity index (χ2v) is 4.47. The normalized spacial score (nSPS) is 10.5. The molecular formula is C16H25O. The molecule has 0 unspecified atom stereocenters. The second-order valence-electron chi connectivity index (χ2n) is 4.47. The standard InChI is InChI=1S/C16H25O/c1-3-5-6-7-8-9-14-17-16-12-10-15(4-2)11-13-16/h4,10-13H,3,5-9,14H2,1-2H3. The summed E-state index contributed by atoms with van der Waals surface area (Å²) in [5, 5.41) is 0. The van der Waals surface area contributed by atoms with E-state index in [2.05, 4.69) is 25.5 Å². The largest absolute Gasteiger partial charge is 0.494 e. The van der Waals surface area contributed by atoms with Crippen LogP contribution in [0.25, 0.3) is 0 Å². The highest BCUT2D eigenvalue weighted by molar-refractivity contribution is 5.30. The predicted molar refractivity (Wildman–Crippen MR) is 74.4 cm³/mol. The Morgan fingerprint density at radius 2 is 1.59 bits per heavy atom. The van der Waals surface area contributed by atoms with E-state index >= 15 is 0 Å². The van der Waals surface area contributed by atoms with Gasteiger partial charge in [0.2, 0.25) is 0 Å².